The first-order valence-corrected chi connectivity index (χ1v) is 8.84. The Labute approximate surface area is 146 Å². The lowest BCUT2D eigenvalue weighted by molar-refractivity contribution is 0.0667. The molecule has 25 heavy (non-hydrogen) atoms. The number of ether oxygens (including phenoxy) is 1. The predicted octanol–water partition coefficient (Wildman–Crippen LogP) is 2.45. The summed E-state index contributed by atoms with van der Waals surface area (Å²) in [7, 11) is 1.56. The number of carbonyl (C=O) groups excluding carboxylic acids is 1. The van der Waals surface area contributed by atoms with Crippen LogP contribution in [0.5, 0.6) is 5.88 Å². The number of nitrogens with zero attached hydrogens (tertiary/aromatic N) is 4. The fraction of sp³-hybridized carbons (Fsp3) is 0.556. The first-order valence-electron chi connectivity index (χ1n) is 8.84. The Morgan fingerprint density at radius 3 is 2.96 bits per heavy atom. The molecule has 0 N–H and O–H groups in total. The summed E-state index contributed by atoms with van der Waals surface area (Å²) in [5, 5.41) is 4.07. The summed E-state index contributed by atoms with van der Waals surface area (Å²) in [6.45, 7) is 1.49. The number of hydrogen-bond acceptors (Lipinski definition) is 6. The van der Waals surface area contributed by atoms with E-state index in [1.54, 1.807) is 25.4 Å². The van der Waals surface area contributed by atoms with E-state index in [1.165, 1.54) is 12.8 Å². The van der Waals surface area contributed by atoms with Gasteiger partial charge in [-0.1, -0.05) is 5.16 Å². The van der Waals surface area contributed by atoms with E-state index in [-0.39, 0.29) is 5.91 Å². The molecule has 4 rings (SSSR count). The number of methoxy groups -OCH3 is 1. The Hall–Kier alpha value is -2.44. The van der Waals surface area contributed by atoms with E-state index in [1.807, 2.05) is 4.90 Å². The molecule has 1 unspecified atom stereocenters. The van der Waals surface area contributed by atoms with E-state index in [0.29, 0.717) is 35.7 Å². The number of piperidine rings is 1. The Morgan fingerprint density at radius 2 is 2.24 bits per heavy atom. The second-order valence-electron chi connectivity index (χ2n) is 6.87. The van der Waals surface area contributed by atoms with Gasteiger partial charge in [-0.25, -0.2) is 4.98 Å². The molecule has 1 amide bonds. The maximum absolute atomic E-state index is 12.7. The monoisotopic (exact) mass is 342 g/mol. The van der Waals surface area contributed by atoms with Gasteiger partial charge in [-0.15, -0.1) is 0 Å². The van der Waals surface area contributed by atoms with E-state index in [9.17, 15) is 4.79 Å². The van der Waals surface area contributed by atoms with Gasteiger partial charge in [0, 0.05) is 37.7 Å². The average molecular weight is 342 g/mol. The molecule has 0 aromatic carbocycles. The van der Waals surface area contributed by atoms with Crippen LogP contribution in [0.3, 0.4) is 0 Å². The van der Waals surface area contributed by atoms with Crippen LogP contribution >= 0.6 is 0 Å². The smallest absolute Gasteiger partial charge is 0.255 e. The molecule has 2 aromatic heterocycles. The summed E-state index contributed by atoms with van der Waals surface area (Å²) in [5.74, 6) is 2.94. The van der Waals surface area contributed by atoms with E-state index in [2.05, 4.69) is 15.1 Å². The molecule has 1 saturated heterocycles. The standard InChI is InChI=1S/C18H22N4O3/c1-24-15-7-6-14(10-19-15)18(23)22-8-2-3-12(11-22)9-16-20-17(21-25-16)13-4-5-13/h6-7,10,12-13H,2-5,8-9,11H2,1H3. The predicted molar refractivity (Wildman–Crippen MR) is 89.4 cm³/mol. The lowest BCUT2D eigenvalue weighted by atomic mass is 9.94. The van der Waals surface area contributed by atoms with Gasteiger partial charge in [0.2, 0.25) is 11.8 Å². The second kappa shape index (κ2) is 6.82. The Bertz CT molecular complexity index is 739. The molecule has 3 heterocycles. The maximum atomic E-state index is 12.7. The van der Waals surface area contributed by atoms with Crippen LogP contribution in [0.1, 0.15) is 53.7 Å². The molecule has 0 bridgehead atoms. The molecule has 2 aliphatic rings. The number of carbonyl (C=O) groups is 1. The van der Waals surface area contributed by atoms with Gasteiger partial charge in [-0.3, -0.25) is 4.79 Å². The largest absolute Gasteiger partial charge is 0.481 e. The zero-order chi connectivity index (χ0) is 17.2. The molecule has 1 aliphatic heterocycles. The van der Waals surface area contributed by atoms with Crippen molar-refractivity contribution in [3.63, 3.8) is 0 Å². The lowest BCUT2D eigenvalue weighted by Crippen LogP contribution is -2.40. The van der Waals surface area contributed by atoms with Crippen molar-refractivity contribution in [3.05, 3.63) is 35.6 Å². The molecule has 1 saturated carbocycles. The lowest BCUT2D eigenvalue weighted by Gasteiger charge is -2.32. The molecule has 0 spiro atoms. The van der Waals surface area contributed by atoms with Gasteiger partial charge in [0.25, 0.3) is 5.91 Å². The summed E-state index contributed by atoms with van der Waals surface area (Å²) in [5.41, 5.74) is 0.593. The maximum Gasteiger partial charge on any atom is 0.255 e. The van der Waals surface area contributed by atoms with E-state index >= 15 is 0 Å². The minimum absolute atomic E-state index is 0.0176. The number of likely N-dealkylation sites (tertiary alicyclic amines) is 1. The Balaban J connectivity index is 1.38. The first-order chi connectivity index (χ1) is 12.2. The Kier molecular flexibility index (Phi) is 4.38. The SMILES string of the molecule is COc1ccc(C(=O)N2CCCC(Cc3nc(C4CC4)no3)C2)cn1. The third-order valence-corrected chi connectivity index (χ3v) is 4.89. The molecule has 1 atom stereocenters. The highest BCUT2D eigenvalue weighted by Crippen LogP contribution is 2.38. The summed E-state index contributed by atoms with van der Waals surface area (Å²) >= 11 is 0. The van der Waals surface area contributed by atoms with Crippen LogP contribution in [0.15, 0.2) is 22.9 Å². The van der Waals surface area contributed by atoms with Crippen molar-refractivity contribution in [2.75, 3.05) is 20.2 Å². The summed E-state index contributed by atoms with van der Waals surface area (Å²) < 4.78 is 10.4. The highest BCUT2D eigenvalue weighted by molar-refractivity contribution is 5.94. The molecule has 1 aliphatic carbocycles. The zero-order valence-corrected chi connectivity index (χ0v) is 14.4. The highest BCUT2D eigenvalue weighted by atomic mass is 16.5. The van der Waals surface area contributed by atoms with Crippen molar-refractivity contribution in [2.45, 2.75) is 38.0 Å². The van der Waals surface area contributed by atoms with Crippen molar-refractivity contribution in [1.29, 1.82) is 0 Å². The van der Waals surface area contributed by atoms with Crippen molar-refractivity contribution in [2.24, 2.45) is 5.92 Å². The molecule has 7 heteroatoms. The second-order valence-corrected chi connectivity index (χ2v) is 6.87. The number of aromatic nitrogens is 3. The van der Waals surface area contributed by atoms with Gasteiger partial charge in [0.15, 0.2) is 5.82 Å². The van der Waals surface area contributed by atoms with Gasteiger partial charge in [-0.05, 0) is 37.7 Å². The van der Waals surface area contributed by atoms with Gasteiger partial charge in [-0.2, -0.15) is 4.98 Å². The number of amides is 1. The molecular formula is C18H22N4O3. The number of rotatable bonds is 5. The number of pyridine rings is 1. The van der Waals surface area contributed by atoms with Gasteiger partial charge >= 0.3 is 0 Å². The summed E-state index contributed by atoms with van der Waals surface area (Å²) in [4.78, 5) is 23.2. The Morgan fingerprint density at radius 1 is 1.36 bits per heavy atom. The third kappa shape index (κ3) is 3.65. The van der Waals surface area contributed by atoms with Crippen LogP contribution in [-0.4, -0.2) is 46.1 Å². The van der Waals surface area contributed by atoms with Crippen molar-refractivity contribution in [3.8, 4) is 5.88 Å². The molecular weight excluding hydrogens is 320 g/mol. The fourth-order valence-corrected chi connectivity index (χ4v) is 3.33. The van der Waals surface area contributed by atoms with Crippen LogP contribution in [0.4, 0.5) is 0 Å². The van der Waals surface area contributed by atoms with Gasteiger partial charge in [0.1, 0.15) is 0 Å². The molecule has 2 fully saturated rings. The van der Waals surface area contributed by atoms with Crippen molar-refractivity contribution >= 4 is 5.91 Å². The molecule has 0 radical (unpaired) electrons. The van der Waals surface area contributed by atoms with Crippen molar-refractivity contribution < 1.29 is 14.1 Å². The van der Waals surface area contributed by atoms with E-state index in [4.69, 9.17) is 9.26 Å². The van der Waals surface area contributed by atoms with Crippen LogP contribution in [0, 0.1) is 5.92 Å². The van der Waals surface area contributed by atoms with Crippen LogP contribution in [-0.2, 0) is 6.42 Å². The van der Waals surface area contributed by atoms with Crippen LogP contribution in [0.25, 0.3) is 0 Å². The van der Waals surface area contributed by atoms with Crippen LogP contribution < -0.4 is 4.74 Å². The zero-order valence-electron chi connectivity index (χ0n) is 14.4. The van der Waals surface area contributed by atoms with E-state index < -0.39 is 0 Å². The third-order valence-electron chi connectivity index (χ3n) is 4.89. The van der Waals surface area contributed by atoms with Crippen LogP contribution in [0.2, 0.25) is 0 Å². The van der Waals surface area contributed by atoms with Gasteiger partial charge < -0.3 is 14.2 Å². The van der Waals surface area contributed by atoms with Crippen molar-refractivity contribution in [1.82, 2.24) is 20.0 Å². The number of hydrogen-bond donors (Lipinski definition) is 0. The normalized spacial score (nSPS) is 20.5. The minimum Gasteiger partial charge on any atom is -0.481 e. The fourth-order valence-electron chi connectivity index (χ4n) is 3.33. The minimum atomic E-state index is 0.0176. The molecule has 7 nitrogen and oxygen atoms in total. The first kappa shape index (κ1) is 16.1. The topological polar surface area (TPSA) is 81.4 Å². The summed E-state index contributed by atoms with van der Waals surface area (Å²) in [6, 6.07) is 3.48. The summed E-state index contributed by atoms with van der Waals surface area (Å²) in [6.07, 6.45) is 6.71. The highest BCUT2D eigenvalue weighted by Gasteiger charge is 2.30. The molecule has 2 aromatic rings. The quantitative estimate of drug-likeness (QED) is 0.830. The van der Waals surface area contributed by atoms with E-state index in [0.717, 1.165) is 31.6 Å². The average Bonchev–Trinajstić information content (AvgIpc) is 3.41. The van der Waals surface area contributed by atoms with Gasteiger partial charge in [0.05, 0.1) is 12.7 Å². The molecule has 132 valence electrons.